The Hall–Kier alpha value is -2.08. The van der Waals surface area contributed by atoms with Gasteiger partial charge in [0.15, 0.2) is 0 Å². The number of likely N-dealkylation sites (tertiary alicyclic amines) is 1. The second-order valence-electron chi connectivity index (χ2n) is 5.94. The van der Waals surface area contributed by atoms with Gasteiger partial charge in [-0.05, 0) is 40.9 Å². The number of hydrogen-bond donors (Lipinski definition) is 2. The molecule has 1 fully saturated rings. The average molecular weight is 373 g/mol. The van der Waals surface area contributed by atoms with Gasteiger partial charge in [-0.3, -0.25) is 4.79 Å². The number of benzene rings is 1. The summed E-state index contributed by atoms with van der Waals surface area (Å²) < 4.78 is 1.02. The molecule has 0 bridgehead atoms. The zero-order valence-corrected chi connectivity index (χ0v) is 14.1. The largest absolute Gasteiger partial charge is 0.360 e. The summed E-state index contributed by atoms with van der Waals surface area (Å²) in [6, 6.07) is 5.82. The quantitative estimate of drug-likeness (QED) is 0.720. The molecule has 4 rings (SSSR count). The summed E-state index contributed by atoms with van der Waals surface area (Å²) in [6.07, 6.45) is 7.45. The maximum Gasteiger partial charge on any atom is 0.253 e. The standard InChI is InChI=1S/C17H17BrN4O/c18-14-10-21-15-9-12(1-2-13(14)15)17(23)22-7-3-11(4-8-22)16-19-5-6-20-16/h1-2,5-6,9-11,21H,3-4,7-8H2,(H,19,20). The zero-order chi connectivity index (χ0) is 15.8. The zero-order valence-electron chi connectivity index (χ0n) is 12.6. The topological polar surface area (TPSA) is 64.8 Å². The molecule has 1 aliphatic heterocycles. The van der Waals surface area contributed by atoms with Crippen LogP contribution in [0.3, 0.4) is 0 Å². The maximum atomic E-state index is 12.7. The van der Waals surface area contributed by atoms with E-state index in [-0.39, 0.29) is 5.91 Å². The van der Waals surface area contributed by atoms with Gasteiger partial charge in [0.1, 0.15) is 5.82 Å². The molecule has 1 amide bonds. The van der Waals surface area contributed by atoms with Gasteiger partial charge in [0.25, 0.3) is 5.91 Å². The number of carbonyl (C=O) groups excluding carboxylic acids is 1. The molecule has 2 aromatic heterocycles. The van der Waals surface area contributed by atoms with Crippen LogP contribution in [0.25, 0.3) is 10.9 Å². The first-order valence-corrected chi connectivity index (χ1v) is 8.57. The second kappa shape index (κ2) is 5.85. The van der Waals surface area contributed by atoms with E-state index in [1.807, 2.05) is 35.5 Å². The number of amides is 1. The third-order valence-corrected chi connectivity index (χ3v) is 5.22. The van der Waals surface area contributed by atoms with Crippen LogP contribution in [-0.4, -0.2) is 38.8 Å². The maximum absolute atomic E-state index is 12.7. The summed E-state index contributed by atoms with van der Waals surface area (Å²) in [5, 5.41) is 1.10. The van der Waals surface area contributed by atoms with Crippen molar-refractivity contribution in [2.45, 2.75) is 18.8 Å². The Bertz CT molecular complexity index is 832. The number of halogens is 1. The smallest absolute Gasteiger partial charge is 0.253 e. The number of H-pyrrole nitrogens is 2. The highest BCUT2D eigenvalue weighted by Crippen LogP contribution is 2.28. The minimum atomic E-state index is 0.107. The van der Waals surface area contributed by atoms with Gasteiger partial charge >= 0.3 is 0 Å². The summed E-state index contributed by atoms with van der Waals surface area (Å²) >= 11 is 3.50. The Balaban J connectivity index is 1.48. The molecule has 118 valence electrons. The van der Waals surface area contributed by atoms with Crippen molar-refractivity contribution >= 4 is 32.7 Å². The van der Waals surface area contributed by atoms with Crippen molar-refractivity contribution in [3.05, 3.63) is 52.7 Å². The van der Waals surface area contributed by atoms with Gasteiger partial charge in [-0.15, -0.1) is 0 Å². The Morgan fingerprint density at radius 3 is 2.83 bits per heavy atom. The lowest BCUT2D eigenvalue weighted by Gasteiger charge is -2.31. The second-order valence-corrected chi connectivity index (χ2v) is 6.79. The lowest BCUT2D eigenvalue weighted by molar-refractivity contribution is 0.0711. The summed E-state index contributed by atoms with van der Waals surface area (Å²) in [6.45, 7) is 1.55. The van der Waals surface area contributed by atoms with Crippen LogP contribution in [0, 0.1) is 0 Å². The number of nitrogens with one attached hydrogen (secondary N) is 2. The predicted octanol–water partition coefficient (Wildman–Crippen LogP) is 3.67. The van der Waals surface area contributed by atoms with Gasteiger partial charge in [0.2, 0.25) is 0 Å². The van der Waals surface area contributed by atoms with Crippen LogP contribution in [0.15, 0.2) is 41.3 Å². The van der Waals surface area contributed by atoms with Crippen molar-refractivity contribution in [1.82, 2.24) is 19.9 Å². The Morgan fingerprint density at radius 1 is 1.26 bits per heavy atom. The molecule has 0 spiro atoms. The number of aromatic amines is 2. The first kappa shape index (κ1) is 14.5. The molecule has 6 heteroatoms. The van der Waals surface area contributed by atoms with Gasteiger partial charge < -0.3 is 14.9 Å². The van der Waals surface area contributed by atoms with Crippen molar-refractivity contribution in [2.24, 2.45) is 0 Å². The third-order valence-electron chi connectivity index (χ3n) is 4.57. The average Bonchev–Trinajstić information content (AvgIpc) is 3.24. The van der Waals surface area contributed by atoms with Crippen molar-refractivity contribution in [3.63, 3.8) is 0 Å². The Labute approximate surface area is 142 Å². The number of carbonyl (C=O) groups is 1. The number of imidazole rings is 1. The molecule has 0 unspecified atom stereocenters. The minimum Gasteiger partial charge on any atom is -0.360 e. The molecule has 0 aliphatic carbocycles. The monoisotopic (exact) mass is 372 g/mol. The molecule has 3 aromatic rings. The van der Waals surface area contributed by atoms with Gasteiger partial charge in [-0.2, -0.15) is 0 Å². The van der Waals surface area contributed by atoms with E-state index in [0.717, 1.165) is 52.7 Å². The normalized spacial score (nSPS) is 16.1. The van der Waals surface area contributed by atoms with Crippen LogP contribution >= 0.6 is 15.9 Å². The first-order valence-electron chi connectivity index (χ1n) is 7.77. The molecule has 23 heavy (non-hydrogen) atoms. The van der Waals surface area contributed by atoms with Gasteiger partial charge in [-0.1, -0.05) is 6.07 Å². The molecule has 5 nitrogen and oxygen atoms in total. The van der Waals surface area contributed by atoms with E-state index in [9.17, 15) is 4.79 Å². The van der Waals surface area contributed by atoms with Crippen LogP contribution < -0.4 is 0 Å². The number of nitrogens with zero attached hydrogens (tertiary/aromatic N) is 2. The number of piperidine rings is 1. The molecule has 0 saturated carbocycles. The SMILES string of the molecule is O=C(c1ccc2c(Br)c[nH]c2c1)N1CCC(c2ncc[nH]2)CC1. The van der Waals surface area contributed by atoms with Crippen LogP contribution in [-0.2, 0) is 0 Å². The molecular weight excluding hydrogens is 356 g/mol. The summed E-state index contributed by atoms with van der Waals surface area (Å²) in [4.78, 5) is 25.4. The number of aromatic nitrogens is 3. The highest BCUT2D eigenvalue weighted by molar-refractivity contribution is 9.10. The Morgan fingerprint density at radius 2 is 2.09 bits per heavy atom. The highest BCUT2D eigenvalue weighted by Gasteiger charge is 2.25. The van der Waals surface area contributed by atoms with Gasteiger partial charge in [0.05, 0.1) is 0 Å². The van der Waals surface area contributed by atoms with E-state index >= 15 is 0 Å². The predicted molar refractivity (Wildman–Crippen MR) is 92.5 cm³/mol. The highest BCUT2D eigenvalue weighted by atomic mass is 79.9. The van der Waals surface area contributed by atoms with Crippen LogP contribution in [0.5, 0.6) is 0 Å². The molecule has 3 heterocycles. The fourth-order valence-electron chi connectivity index (χ4n) is 3.26. The van der Waals surface area contributed by atoms with Crippen LogP contribution in [0.4, 0.5) is 0 Å². The number of hydrogen-bond acceptors (Lipinski definition) is 2. The van der Waals surface area contributed by atoms with E-state index in [2.05, 4.69) is 30.9 Å². The van der Waals surface area contributed by atoms with Gasteiger partial charge in [-0.25, -0.2) is 4.98 Å². The fraction of sp³-hybridized carbons (Fsp3) is 0.294. The van der Waals surface area contributed by atoms with Gasteiger partial charge in [0, 0.05) is 58.5 Å². The molecule has 0 radical (unpaired) electrons. The van der Waals surface area contributed by atoms with E-state index < -0.39 is 0 Å². The summed E-state index contributed by atoms with van der Waals surface area (Å²) in [5.41, 5.74) is 1.72. The molecule has 1 aromatic carbocycles. The van der Waals surface area contributed by atoms with Crippen LogP contribution in [0.2, 0.25) is 0 Å². The van der Waals surface area contributed by atoms with E-state index in [1.165, 1.54) is 0 Å². The van der Waals surface area contributed by atoms with Crippen molar-refractivity contribution < 1.29 is 4.79 Å². The third kappa shape index (κ3) is 2.67. The van der Waals surface area contributed by atoms with Crippen molar-refractivity contribution in [3.8, 4) is 0 Å². The fourth-order valence-corrected chi connectivity index (χ4v) is 3.72. The molecular formula is C17H17BrN4O. The molecule has 1 saturated heterocycles. The van der Waals surface area contributed by atoms with E-state index in [0.29, 0.717) is 5.92 Å². The number of fused-ring (bicyclic) bond motifs is 1. The van der Waals surface area contributed by atoms with Crippen LogP contribution in [0.1, 0.15) is 34.9 Å². The molecule has 2 N–H and O–H groups in total. The minimum absolute atomic E-state index is 0.107. The van der Waals surface area contributed by atoms with Crippen molar-refractivity contribution in [2.75, 3.05) is 13.1 Å². The first-order chi connectivity index (χ1) is 11.2. The lowest BCUT2D eigenvalue weighted by Crippen LogP contribution is -2.38. The lowest BCUT2D eigenvalue weighted by atomic mass is 9.95. The van der Waals surface area contributed by atoms with E-state index in [4.69, 9.17) is 0 Å². The summed E-state index contributed by atoms with van der Waals surface area (Å²) in [5.74, 6) is 1.57. The summed E-state index contributed by atoms with van der Waals surface area (Å²) in [7, 11) is 0. The number of rotatable bonds is 2. The molecule has 1 aliphatic rings. The Kier molecular flexibility index (Phi) is 3.69. The molecule has 0 atom stereocenters. The van der Waals surface area contributed by atoms with Crippen molar-refractivity contribution in [1.29, 1.82) is 0 Å². The van der Waals surface area contributed by atoms with E-state index in [1.54, 1.807) is 6.20 Å².